The van der Waals surface area contributed by atoms with Crippen LogP contribution >= 0.6 is 0 Å². The minimum absolute atomic E-state index is 0.191. The monoisotopic (exact) mass is 260 g/mol. The van der Waals surface area contributed by atoms with Crippen LogP contribution in [0.2, 0.25) is 0 Å². The molecule has 1 atom stereocenters. The van der Waals surface area contributed by atoms with Crippen molar-refractivity contribution in [2.75, 3.05) is 0 Å². The van der Waals surface area contributed by atoms with Gasteiger partial charge in [-0.2, -0.15) is 0 Å². The molecule has 3 N–H and O–H groups in total. The van der Waals surface area contributed by atoms with Crippen LogP contribution in [0.25, 0.3) is 0 Å². The molecule has 3 heteroatoms. The van der Waals surface area contributed by atoms with Crippen molar-refractivity contribution >= 4 is 5.91 Å². The maximum absolute atomic E-state index is 11.6. The average Bonchev–Trinajstić information content (AvgIpc) is 2.45. The first-order valence-corrected chi connectivity index (χ1v) is 7.35. The van der Waals surface area contributed by atoms with E-state index in [1.807, 2.05) is 18.2 Å². The van der Waals surface area contributed by atoms with Gasteiger partial charge in [-0.05, 0) is 31.2 Å². The minimum atomic E-state index is -0.221. The van der Waals surface area contributed by atoms with Crippen molar-refractivity contribution in [1.82, 2.24) is 5.32 Å². The lowest BCUT2D eigenvalue weighted by Gasteiger charge is -2.27. The van der Waals surface area contributed by atoms with Crippen LogP contribution in [0.4, 0.5) is 0 Å². The lowest BCUT2D eigenvalue weighted by Crippen LogP contribution is -2.47. The summed E-state index contributed by atoms with van der Waals surface area (Å²) in [6, 6.07) is 10.5. The fourth-order valence-corrected chi connectivity index (χ4v) is 2.82. The number of nitrogens with two attached hydrogens (primary N) is 1. The Bertz CT molecular complexity index is 385. The van der Waals surface area contributed by atoms with E-state index in [1.54, 1.807) is 0 Å². The predicted octanol–water partition coefficient (Wildman–Crippen LogP) is 2.40. The first kappa shape index (κ1) is 14.1. The molecule has 0 bridgehead atoms. The summed E-state index contributed by atoms with van der Waals surface area (Å²) in [5.74, 6) is -0.221. The Kier molecular flexibility index (Phi) is 5.40. The number of aryl methyl sites for hydroxylation is 1. The third-order valence-electron chi connectivity index (χ3n) is 3.95. The summed E-state index contributed by atoms with van der Waals surface area (Å²) in [4.78, 5) is 11.6. The van der Waals surface area contributed by atoms with Crippen molar-refractivity contribution < 1.29 is 4.79 Å². The zero-order chi connectivity index (χ0) is 13.5. The van der Waals surface area contributed by atoms with E-state index < -0.39 is 0 Å². The standard InChI is InChI=1S/C16H24N2O/c17-16(19)15(18-14-9-5-2-6-10-14)12-11-13-7-3-1-4-8-13/h1,3-4,7-8,14-15,18H,2,5-6,9-12H2,(H2,17,19). The molecule has 2 rings (SSSR count). The molecule has 1 aromatic carbocycles. The van der Waals surface area contributed by atoms with E-state index in [1.165, 1.54) is 37.7 Å². The third kappa shape index (κ3) is 4.67. The lowest BCUT2D eigenvalue weighted by atomic mass is 9.94. The molecule has 1 amide bonds. The molecule has 1 unspecified atom stereocenters. The summed E-state index contributed by atoms with van der Waals surface area (Å²) < 4.78 is 0. The van der Waals surface area contributed by atoms with Gasteiger partial charge in [-0.25, -0.2) is 0 Å². The maximum Gasteiger partial charge on any atom is 0.234 e. The van der Waals surface area contributed by atoms with E-state index in [0.717, 1.165) is 12.8 Å². The van der Waals surface area contributed by atoms with Gasteiger partial charge in [0.2, 0.25) is 5.91 Å². The second kappa shape index (κ2) is 7.29. The van der Waals surface area contributed by atoms with Gasteiger partial charge in [-0.3, -0.25) is 4.79 Å². The zero-order valence-corrected chi connectivity index (χ0v) is 11.5. The SMILES string of the molecule is NC(=O)C(CCc1ccccc1)NC1CCCCC1. The molecule has 0 aromatic heterocycles. The van der Waals surface area contributed by atoms with E-state index in [9.17, 15) is 4.79 Å². The van der Waals surface area contributed by atoms with Gasteiger partial charge in [0.15, 0.2) is 0 Å². The Morgan fingerprint density at radius 1 is 1.21 bits per heavy atom. The topological polar surface area (TPSA) is 55.1 Å². The van der Waals surface area contributed by atoms with Crippen LogP contribution in [0.1, 0.15) is 44.1 Å². The number of hydrogen-bond donors (Lipinski definition) is 2. The maximum atomic E-state index is 11.6. The molecule has 3 nitrogen and oxygen atoms in total. The van der Waals surface area contributed by atoms with Gasteiger partial charge in [0.1, 0.15) is 0 Å². The van der Waals surface area contributed by atoms with E-state index in [4.69, 9.17) is 5.73 Å². The Morgan fingerprint density at radius 2 is 1.89 bits per heavy atom. The molecule has 1 aliphatic rings. The quantitative estimate of drug-likeness (QED) is 0.825. The second-order valence-corrected chi connectivity index (χ2v) is 5.48. The number of carbonyl (C=O) groups excluding carboxylic acids is 1. The van der Waals surface area contributed by atoms with E-state index in [-0.39, 0.29) is 11.9 Å². The first-order valence-electron chi connectivity index (χ1n) is 7.35. The van der Waals surface area contributed by atoms with Gasteiger partial charge >= 0.3 is 0 Å². The highest BCUT2D eigenvalue weighted by atomic mass is 16.1. The van der Waals surface area contributed by atoms with Gasteiger partial charge < -0.3 is 11.1 Å². The molecule has 0 heterocycles. The smallest absolute Gasteiger partial charge is 0.234 e. The first-order chi connectivity index (χ1) is 9.25. The normalized spacial score (nSPS) is 18.1. The van der Waals surface area contributed by atoms with Gasteiger partial charge in [0.25, 0.3) is 0 Å². The molecule has 1 aliphatic carbocycles. The summed E-state index contributed by atoms with van der Waals surface area (Å²) in [5.41, 5.74) is 6.78. The lowest BCUT2D eigenvalue weighted by molar-refractivity contribution is -0.120. The Labute approximate surface area is 115 Å². The van der Waals surface area contributed by atoms with Gasteiger partial charge in [-0.1, -0.05) is 49.6 Å². The molecule has 19 heavy (non-hydrogen) atoms. The highest BCUT2D eigenvalue weighted by Gasteiger charge is 2.21. The summed E-state index contributed by atoms with van der Waals surface area (Å²) >= 11 is 0. The summed E-state index contributed by atoms with van der Waals surface area (Å²) in [6.45, 7) is 0. The highest BCUT2D eigenvalue weighted by molar-refractivity contribution is 5.79. The number of benzene rings is 1. The van der Waals surface area contributed by atoms with Crippen molar-refractivity contribution in [1.29, 1.82) is 0 Å². The average molecular weight is 260 g/mol. The van der Waals surface area contributed by atoms with Crippen LogP contribution in [0.5, 0.6) is 0 Å². The summed E-state index contributed by atoms with van der Waals surface area (Å²) in [7, 11) is 0. The number of rotatable bonds is 6. The fourth-order valence-electron chi connectivity index (χ4n) is 2.82. The van der Waals surface area contributed by atoms with Crippen molar-refractivity contribution in [2.24, 2.45) is 5.73 Å². The molecule has 1 aromatic rings. The molecule has 104 valence electrons. The fraction of sp³-hybridized carbons (Fsp3) is 0.562. The van der Waals surface area contributed by atoms with Crippen LogP contribution < -0.4 is 11.1 Å². The largest absolute Gasteiger partial charge is 0.368 e. The van der Waals surface area contributed by atoms with Crippen LogP contribution in [0.3, 0.4) is 0 Å². The molecule has 0 saturated heterocycles. The van der Waals surface area contributed by atoms with Gasteiger partial charge in [-0.15, -0.1) is 0 Å². The van der Waals surface area contributed by atoms with Crippen LogP contribution in [-0.2, 0) is 11.2 Å². The van der Waals surface area contributed by atoms with E-state index in [2.05, 4.69) is 17.4 Å². The summed E-state index contributed by atoms with van der Waals surface area (Å²) in [5, 5.41) is 3.45. The predicted molar refractivity (Wildman–Crippen MR) is 77.8 cm³/mol. The number of primary amides is 1. The Hall–Kier alpha value is -1.35. The molecular formula is C16H24N2O. The Morgan fingerprint density at radius 3 is 2.53 bits per heavy atom. The molecule has 1 saturated carbocycles. The second-order valence-electron chi connectivity index (χ2n) is 5.48. The number of hydrogen-bond acceptors (Lipinski definition) is 2. The zero-order valence-electron chi connectivity index (χ0n) is 11.5. The molecule has 0 aliphatic heterocycles. The molecule has 1 fully saturated rings. The highest BCUT2D eigenvalue weighted by Crippen LogP contribution is 2.18. The van der Waals surface area contributed by atoms with Crippen LogP contribution in [0.15, 0.2) is 30.3 Å². The van der Waals surface area contributed by atoms with E-state index >= 15 is 0 Å². The van der Waals surface area contributed by atoms with Crippen molar-refractivity contribution in [3.05, 3.63) is 35.9 Å². The molecule has 0 radical (unpaired) electrons. The van der Waals surface area contributed by atoms with Crippen molar-refractivity contribution in [3.8, 4) is 0 Å². The van der Waals surface area contributed by atoms with Gasteiger partial charge in [0.05, 0.1) is 6.04 Å². The van der Waals surface area contributed by atoms with Crippen LogP contribution in [0, 0.1) is 0 Å². The van der Waals surface area contributed by atoms with Crippen molar-refractivity contribution in [3.63, 3.8) is 0 Å². The Balaban J connectivity index is 1.83. The number of nitrogens with one attached hydrogen (secondary N) is 1. The summed E-state index contributed by atoms with van der Waals surface area (Å²) in [6.07, 6.45) is 7.89. The molecule has 0 spiro atoms. The third-order valence-corrected chi connectivity index (χ3v) is 3.95. The number of carbonyl (C=O) groups is 1. The van der Waals surface area contributed by atoms with Crippen molar-refractivity contribution in [2.45, 2.75) is 57.0 Å². The van der Waals surface area contributed by atoms with E-state index in [0.29, 0.717) is 6.04 Å². The minimum Gasteiger partial charge on any atom is -0.368 e. The van der Waals surface area contributed by atoms with Crippen LogP contribution in [-0.4, -0.2) is 18.0 Å². The number of amides is 1. The van der Waals surface area contributed by atoms with Gasteiger partial charge in [0, 0.05) is 6.04 Å². The molecular weight excluding hydrogens is 236 g/mol.